The molecule has 2 saturated heterocycles. The largest absolute Gasteiger partial charge is 0.550 e. The summed E-state index contributed by atoms with van der Waals surface area (Å²) in [5.74, 6) is -3.06. The van der Waals surface area contributed by atoms with Gasteiger partial charge in [0.05, 0.1) is 24.1 Å². The summed E-state index contributed by atoms with van der Waals surface area (Å²) in [6.45, 7) is 5.78. The van der Waals surface area contributed by atoms with Crippen molar-refractivity contribution in [2.45, 2.75) is 37.1 Å². The number of carboxylic acids is 1. The van der Waals surface area contributed by atoms with E-state index in [1.54, 1.807) is 17.1 Å². The summed E-state index contributed by atoms with van der Waals surface area (Å²) in [5.41, 5.74) is 0.105. The number of aliphatic carboxylic acids is 1. The van der Waals surface area contributed by atoms with Gasteiger partial charge in [-0.25, -0.2) is 0 Å². The number of fused-ring (bicyclic) bond motifs is 1. The van der Waals surface area contributed by atoms with Gasteiger partial charge < -0.3 is 19.5 Å². The summed E-state index contributed by atoms with van der Waals surface area (Å²) in [6, 6.07) is 9.27. The van der Waals surface area contributed by atoms with Crippen LogP contribution < -0.4 is 5.11 Å². The van der Waals surface area contributed by atoms with Crippen LogP contribution in [0, 0.1) is 11.8 Å². The van der Waals surface area contributed by atoms with Crippen LogP contribution in [0.25, 0.3) is 0 Å². The molecular weight excluding hydrogens is 318 g/mol. The zero-order valence-corrected chi connectivity index (χ0v) is 14.0. The van der Waals surface area contributed by atoms with E-state index in [2.05, 4.69) is 6.58 Å². The molecule has 5 nitrogen and oxygen atoms in total. The zero-order valence-electron chi connectivity index (χ0n) is 14.0. The van der Waals surface area contributed by atoms with E-state index in [1.807, 2.05) is 43.3 Å². The van der Waals surface area contributed by atoms with Gasteiger partial charge in [-0.05, 0) is 18.9 Å². The Kier molecular flexibility index (Phi) is 3.58. The first-order valence-electron chi connectivity index (χ1n) is 8.57. The van der Waals surface area contributed by atoms with Gasteiger partial charge in [0, 0.05) is 11.9 Å². The van der Waals surface area contributed by atoms with Gasteiger partial charge in [-0.2, -0.15) is 0 Å². The van der Waals surface area contributed by atoms with E-state index < -0.39 is 29.5 Å². The minimum absolute atomic E-state index is 0.177. The predicted octanol–water partition coefficient (Wildman–Crippen LogP) is 1.22. The maximum absolute atomic E-state index is 13.3. The van der Waals surface area contributed by atoms with E-state index in [0.29, 0.717) is 6.42 Å². The molecule has 3 aliphatic rings. The molecule has 1 amide bonds. The standard InChI is InChI=1S/C20H21NO4/c1-3-7-15-20-11-10-14(25-20)16(19(23)24)17(20)18(22)21(15)12(2)13-8-5-4-6-9-13/h3-6,8-12,14-17H,1,7H2,2H3,(H,23,24)/p-1/t12-,14-,15+,16+,17+,20-/m1/s1. The molecule has 0 unspecified atom stereocenters. The van der Waals surface area contributed by atoms with Crippen molar-refractivity contribution in [3.05, 3.63) is 60.7 Å². The maximum atomic E-state index is 13.3. The van der Waals surface area contributed by atoms with Crippen molar-refractivity contribution >= 4 is 11.9 Å². The lowest BCUT2D eigenvalue weighted by Gasteiger charge is -2.36. The van der Waals surface area contributed by atoms with Crippen LogP contribution in [-0.2, 0) is 14.3 Å². The number of ether oxygens (including phenoxy) is 1. The van der Waals surface area contributed by atoms with Gasteiger partial charge >= 0.3 is 0 Å². The topological polar surface area (TPSA) is 69.7 Å². The number of benzene rings is 1. The molecule has 5 heteroatoms. The minimum atomic E-state index is -1.22. The van der Waals surface area contributed by atoms with Gasteiger partial charge in [0.15, 0.2) is 0 Å². The Hall–Kier alpha value is -2.40. The first kappa shape index (κ1) is 16.1. The first-order chi connectivity index (χ1) is 12.0. The molecule has 0 N–H and O–H groups in total. The highest BCUT2D eigenvalue weighted by Crippen LogP contribution is 2.57. The normalized spacial score (nSPS) is 36.5. The van der Waals surface area contributed by atoms with Crippen molar-refractivity contribution in [1.82, 2.24) is 4.90 Å². The van der Waals surface area contributed by atoms with Gasteiger partial charge in [-0.1, -0.05) is 48.6 Å². The maximum Gasteiger partial charge on any atom is 0.230 e. The van der Waals surface area contributed by atoms with Crippen molar-refractivity contribution in [2.75, 3.05) is 0 Å². The molecule has 1 aromatic carbocycles. The Balaban J connectivity index is 1.78. The van der Waals surface area contributed by atoms with E-state index in [4.69, 9.17) is 4.74 Å². The van der Waals surface area contributed by atoms with Gasteiger partial charge in [0.25, 0.3) is 0 Å². The Morgan fingerprint density at radius 2 is 2.16 bits per heavy atom. The van der Waals surface area contributed by atoms with Crippen molar-refractivity contribution in [1.29, 1.82) is 0 Å². The van der Waals surface area contributed by atoms with Crippen molar-refractivity contribution < 1.29 is 19.4 Å². The number of carboxylic acid groups (broad SMARTS) is 1. The number of rotatable bonds is 5. The summed E-state index contributed by atoms with van der Waals surface area (Å²) in [5, 5.41) is 11.7. The predicted molar refractivity (Wildman–Crippen MR) is 89.0 cm³/mol. The molecule has 130 valence electrons. The fourth-order valence-corrected chi connectivity index (χ4v) is 4.75. The lowest BCUT2D eigenvalue weighted by atomic mass is 9.74. The number of likely N-dealkylation sites (tertiary alicyclic amines) is 1. The summed E-state index contributed by atoms with van der Waals surface area (Å²) in [7, 11) is 0. The summed E-state index contributed by atoms with van der Waals surface area (Å²) in [4.78, 5) is 26.7. The molecule has 0 aliphatic carbocycles. The fraction of sp³-hybridized carbons (Fsp3) is 0.400. The van der Waals surface area contributed by atoms with Crippen LogP contribution in [0.15, 0.2) is 55.1 Å². The lowest BCUT2D eigenvalue weighted by molar-refractivity contribution is -0.313. The number of nitrogens with zero attached hydrogens (tertiary/aromatic N) is 1. The summed E-state index contributed by atoms with van der Waals surface area (Å²) in [6.07, 6.45) is 5.36. The van der Waals surface area contributed by atoms with E-state index in [9.17, 15) is 14.7 Å². The van der Waals surface area contributed by atoms with Crippen LogP contribution >= 0.6 is 0 Å². The van der Waals surface area contributed by atoms with Crippen LogP contribution in [0.5, 0.6) is 0 Å². The zero-order chi connectivity index (χ0) is 17.8. The molecule has 2 fully saturated rings. The number of carbonyl (C=O) groups is 2. The Bertz CT molecular complexity index is 758. The highest BCUT2D eigenvalue weighted by Gasteiger charge is 2.69. The second-order valence-corrected chi connectivity index (χ2v) is 6.99. The van der Waals surface area contributed by atoms with E-state index in [1.165, 1.54) is 0 Å². The van der Waals surface area contributed by atoms with Crippen LogP contribution in [0.2, 0.25) is 0 Å². The summed E-state index contributed by atoms with van der Waals surface area (Å²) >= 11 is 0. The average molecular weight is 338 g/mol. The molecule has 25 heavy (non-hydrogen) atoms. The molecule has 0 saturated carbocycles. The molecule has 0 radical (unpaired) electrons. The highest BCUT2D eigenvalue weighted by atomic mass is 16.5. The number of carbonyl (C=O) groups excluding carboxylic acids is 2. The van der Waals surface area contributed by atoms with Gasteiger partial charge in [0.1, 0.15) is 5.60 Å². The summed E-state index contributed by atoms with van der Waals surface area (Å²) < 4.78 is 6.07. The Morgan fingerprint density at radius 1 is 1.44 bits per heavy atom. The van der Waals surface area contributed by atoms with E-state index in [0.717, 1.165) is 5.56 Å². The SMILES string of the molecule is C=CC[C@@H]1N([C@H](C)c2ccccc2)C(=O)[C@@H]2[C@@H](C(=O)[O-])[C@H]3C=C[C@]21O3. The second-order valence-electron chi connectivity index (χ2n) is 6.99. The molecule has 3 aliphatic heterocycles. The van der Waals surface area contributed by atoms with E-state index >= 15 is 0 Å². The van der Waals surface area contributed by atoms with E-state index in [-0.39, 0.29) is 18.0 Å². The Labute approximate surface area is 146 Å². The van der Waals surface area contributed by atoms with Gasteiger partial charge in [-0.3, -0.25) is 4.79 Å². The molecular formula is C20H20NO4-. The minimum Gasteiger partial charge on any atom is -0.550 e. The highest BCUT2D eigenvalue weighted by molar-refractivity contribution is 5.91. The molecule has 1 spiro atoms. The quantitative estimate of drug-likeness (QED) is 0.757. The Morgan fingerprint density at radius 3 is 2.80 bits per heavy atom. The van der Waals surface area contributed by atoms with Crippen molar-refractivity contribution in [3.63, 3.8) is 0 Å². The van der Waals surface area contributed by atoms with Gasteiger partial charge in [-0.15, -0.1) is 6.58 Å². The van der Waals surface area contributed by atoms with Gasteiger partial charge in [0.2, 0.25) is 5.91 Å². The third-order valence-corrected chi connectivity index (χ3v) is 5.82. The third-order valence-electron chi connectivity index (χ3n) is 5.82. The molecule has 0 aromatic heterocycles. The van der Waals surface area contributed by atoms with Crippen LogP contribution in [0.3, 0.4) is 0 Å². The van der Waals surface area contributed by atoms with Crippen LogP contribution in [0.4, 0.5) is 0 Å². The number of amides is 1. The molecule has 6 atom stereocenters. The van der Waals surface area contributed by atoms with Crippen LogP contribution in [-0.4, -0.2) is 34.5 Å². The molecule has 1 aromatic rings. The second kappa shape index (κ2) is 5.56. The number of hydrogen-bond acceptors (Lipinski definition) is 4. The number of hydrogen-bond donors (Lipinski definition) is 0. The molecule has 4 rings (SSSR count). The third kappa shape index (κ3) is 2.05. The monoisotopic (exact) mass is 338 g/mol. The fourth-order valence-electron chi connectivity index (χ4n) is 4.75. The average Bonchev–Trinajstić information content (AvgIpc) is 3.24. The molecule has 3 heterocycles. The molecule has 2 bridgehead atoms. The van der Waals surface area contributed by atoms with Crippen molar-refractivity contribution in [2.24, 2.45) is 11.8 Å². The lowest BCUT2D eigenvalue weighted by Crippen LogP contribution is -2.46. The first-order valence-corrected chi connectivity index (χ1v) is 8.57. The van der Waals surface area contributed by atoms with Crippen molar-refractivity contribution in [3.8, 4) is 0 Å². The van der Waals surface area contributed by atoms with Crippen LogP contribution in [0.1, 0.15) is 24.9 Å². The smallest absolute Gasteiger partial charge is 0.230 e.